The SMILES string of the molecule is CC(C)CCN1C(=O)C(=C(C(=O)NC2CCCCC2)C(=O)NC2CCCCC2)c2ccccc21. The van der Waals surface area contributed by atoms with Gasteiger partial charge in [0.2, 0.25) is 0 Å². The zero-order valence-corrected chi connectivity index (χ0v) is 20.7. The number of rotatable bonds is 7. The average Bonchev–Trinajstić information content (AvgIpc) is 3.10. The quantitative estimate of drug-likeness (QED) is 0.347. The van der Waals surface area contributed by atoms with Crippen molar-refractivity contribution in [1.29, 1.82) is 0 Å². The van der Waals surface area contributed by atoms with Crippen molar-refractivity contribution in [2.45, 2.75) is 96.6 Å². The van der Waals surface area contributed by atoms with Crippen LogP contribution in [0.2, 0.25) is 0 Å². The van der Waals surface area contributed by atoms with Gasteiger partial charge in [-0.3, -0.25) is 14.4 Å². The van der Waals surface area contributed by atoms with Gasteiger partial charge in [-0.15, -0.1) is 0 Å². The van der Waals surface area contributed by atoms with Crippen molar-refractivity contribution in [2.75, 3.05) is 11.4 Å². The first-order chi connectivity index (χ1) is 16.5. The Labute approximate surface area is 203 Å². The summed E-state index contributed by atoms with van der Waals surface area (Å²) in [4.78, 5) is 42.7. The smallest absolute Gasteiger partial charge is 0.259 e. The number of amides is 3. The highest BCUT2D eigenvalue weighted by molar-refractivity contribution is 6.41. The van der Waals surface area contributed by atoms with Crippen molar-refractivity contribution in [2.24, 2.45) is 5.92 Å². The zero-order chi connectivity index (χ0) is 24.1. The molecule has 2 aliphatic carbocycles. The number of carbonyl (C=O) groups excluding carboxylic acids is 3. The Bertz CT molecular complexity index is 906. The fourth-order valence-electron chi connectivity index (χ4n) is 5.47. The maximum atomic E-state index is 13.7. The summed E-state index contributed by atoms with van der Waals surface area (Å²) in [5.41, 5.74) is 1.71. The predicted molar refractivity (Wildman–Crippen MR) is 135 cm³/mol. The Morgan fingerprint density at radius 3 is 1.94 bits per heavy atom. The molecule has 1 heterocycles. The lowest BCUT2D eigenvalue weighted by molar-refractivity contribution is -0.125. The van der Waals surface area contributed by atoms with Crippen LogP contribution in [0.1, 0.15) is 90.0 Å². The van der Waals surface area contributed by atoms with Crippen molar-refractivity contribution in [1.82, 2.24) is 10.6 Å². The minimum absolute atomic E-state index is 0.0133. The normalized spacial score (nSPS) is 19.3. The molecule has 2 fully saturated rings. The number of carbonyl (C=O) groups is 3. The van der Waals surface area contributed by atoms with Crippen LogP contribution < -0.4 is 15.5 Å². The highest BCUT2D eigenvalue weighted by atomic mass is 16.2. The van der Waals surface area contributed by atoms with E-state index in [1.807, 2.05) is 24.3 Å². The summed E-state index contributed by atoms with van der Waals surface area (Å²) in [5, 5.41) is 6.20. The van der Waals surface area contributed by atoms with Crippen LogP contribution in [0.15, 0.2) is 29.8 Å². The molecule has 34 heavy (non-hydrogen) atoms. The first kappa shape index (κ1) is 24.5. The van der Waals surface area contributed by atoms with Gasteiger partial charge in [0.25, 0.3) is 17.7 Å². The van der Waals surface area contributed by atoms with Crippen LogP contribution in [0.25, 0.3) is 5.57 Å². The van der Waals surface area contributed by atoms with Gasteiger partial charge in [0.05, 0.1) is 11.3 Å². The third kappa shape index (κ3) is 5.53. The molecular weight excluding hydrogens is 426 g/mol. The number of benzene rings is 1. The van der Waals surface area contributed by atoms with E-state index in [1.54, 1.807) is 4.90 Å². The molecular formula is C28H39N3O3. The lowest BCUT2D eigenvalue weighted by Crippen LogP contribution is -2.44. The number of para-hydroxylation sites is 1. The molecule has 3 amide bonds. The fourth-order valence-corrected chi connectivity index (χ4v) is 5.47. The van der Waals surface area contributed by atoms with E-state index in [-0.39, 0.29) is 29.1 Å². The molecule has 0 unspecified atom stereocenters. The lowest BCUT2D eigenvalue weighted by atomic mass is 9.93. The molecule has 2 N–H and O–H groups in total. The highest BCUT2D eigenvalue weighted by Gasteiger charge is 2.39. The maximum Gasteiger partial charge on any atom is 0.259 e. The average molecular weight is 466 g/mol. The summed E-state index contributed by atoms with van der Waals surface area (Å²) in [6.45, 7) is 4.83. The molecule has 4 rings (SSSR count). The van der Waals surface area contributed by atoms with Gasteiger partial charge in [0, 0.05) is 24.2 Å². The Morgan fingerprint density at radius 2 is 1.41 bits per heavy atom. The maximum absolute atomic E-state index is 13.7. The number of fused-ring (bicyclic) bond motifs is 1. The van der Waals surface area contributed by atoms with E-state index in [0.29, 0.717) is 18.0 Å². The van der Waals surface area contributed by atoms with Crippen molar-refractivity contribution < 1.29 is 14.4 Å². The van der Waals surface area contributed by atoms with Crippen molar-refractivity contribution >= 4 is 29.0 Å². The van der Waals surface area contributed by atoms with Gasteiger partial charge >= 0.3 is 0 Å². The number of nitrogens with zero attached hydrogens (tertiary/aromatic N) is 1. The van der Waals surface area contributed by atoms with E-state index in [2.05, 4.69) is 24.5 Å². The zero-order valence-electron chi connectivity index (χ0n) is 20.7. The Morgan fingerprint density at radius 1 is 0.882 bits per heavy atom. The van der Waals surface area contributed by atoms with Gasteiger partial charge in [0.15, 0.2) is 0 Å². The van der Waals surface area contributed by atoms with Gasteiger partial charge < -0.3 is 15.5 Å². The van der Waals surface area contributed by atoms with Crippen LogP contribution in [0.5, 0.6) is 0 Å². The molecule has 0 atom stereocenters. The molecule has 0 spiro atoms. The molecule has 0 bridgehead atoms. The summed E-state index contributed by atoms with van der Waals surface area (Å²) in [6.07, 6.45) is 11.2. The molecule has 0 saturated heterocycles. The Balaban J connectivity index is 1.70. The van der Waals surface area contributed by atoms with Gasteiger partial charge in [0.1, 0.15) is 5.57 Å². The second-order valence-electron chi connectivity index (χ2n) is 10.5. The summed E-state index contributed by atoms with van der Waals surface area (Å²) in [6, 6.07) is 7.66. The third-order valence-corrected chi connectivity index (χ3v) is 7.44. The number of anilines is 1. The topological polar surface area (TPSA) is 78.5 Å². The second kappa shape index (κ2) is 11.2. The number of hydrogen-bond donors (Lipinski definition) is 2. The van der Waals surface area contributed by atoms with Crippen molar-refractivity contribution in [3.05, 3.63) is 35.4 Å². The van der Waals surface area contributed by atoms with Gasteiger partial charge in [-0.05, 0) is 44.1 Å². The van der Waals surface area contributed by atoms with Gasteiger partial charge in [-0.1, -0.05) is 70.6 Å². The van der Waals surface area contributed by atoms with Gasteiger partial charge in [-0.25, -0.2) is 0 Å². The largest absolute Gasteiger partial charge is 0.349 e. The Hall–Kier alpha value is -2.63. The molecule has 1 aliphatic heterocycles. The highest BCUT2D eigenvalue weighted by Crippen LogP contribution is 2.39. The summed E-state index contributed by atoms with van der Waals surface area (Å²) in [5.74, 6) is -0.626. The minimum Gasteiger partial charge on any atom is -0.349 e. The van der Waals surface area contributed by atoms with Crippen LogP contribution in [0, 0.1) is 5.92 Å². The summed E-state index contributed by atoms with van der Waals surface area (Å²) < 4.78 is 0. The van der Waals surface area contributed by atoms with Gasteiger partial charge in [-0.2, -0.15) is 0 Å². The number of nitrogens with one attached hydrogen (secondary N) is 2. The molecule has 184 valence electrons. The van der Waals surface area contributed by atoms with E-state index in [1.165, 1.54) is 12.8 Å². The third-order valence-electron chi connectivity index (χ3n) is 7.44. The molecule has 6 heteroatoms. The van der Waals surface area contributed by atoms with E-state index >= 15 is 0 Å². The molecule has 2 saturated carbocycles. The molecule has 0 aromatic heterocycles. The lowest BCUT2D eigenvalue weighted by Gasteiger charge is -2.26. The minimum atomic E-state index is -0.413. The monoisotopic (exact) mass is 465 g/mol. The molecule has 1 aromatic carbocycles. The summed E-state index contributed by atoms with van der Waals surface area (Å²) >= 11 is 0. The van der Waals surface area contributed by atoms with E-state index in [9.17, 15) is 14.4 Å². The Kier molecular flexibility index (Phi) is 8.07. The molecule has 3 aliphatic rings. The standard InChI is InChI=1S/C28H39N3O3/c1-19(2)17-18-31-23-16-10-9-15-22(23)24(28(31)34)25(26(32)29-20-11-5-3-6-12-20)27(33)30-21-13-7-4-8-14-21/h9-10,15-16,19-21H,3-8,11-14,17-18H2,1-2H3,(H,29,32)(H,30,33). The van der Waals surface area contributed by atoms with Crippen LogP contribution in [0.3, 0.4) is 0 Å². The molecule has 0 radical (unpaired) electrons. The van der Waals surface area contributed by atoms with E-state index in [4.69, 9.17) is 0 Å². The first-order valence-corrected chi connectivity index (χ1v) is 13.2. The van der Waals surface area contributed by atoms with Crippen LogP contribution in [-0.2, 0) is 14.4 Å². The van der Waals surface area contributed by atoms with Crippen LogP contribution in [0.4, 0.5) is 5.69 Å². The second-order valence-corrected chi connectivity index (χ2v) is 10.5. The van der Waals surface area contributed by atoms with Crippen molar-refractivity contribution in [3.63, 3.8) is 0 Å². The summed E-state index contributed by atoms with van der Waals surface area (Å²) in [7, 11) is 0. The van der Waals surface area contributed by atoms with E-state index in [0.717, 1.165) is 63.5 Å². The van der Waals surface area contributed by atoms with Crippen molar-refractivity contribution in [3.8, 4) is 0 Å². The first-order valence-electron chi connectivity index (χ1n) is 13.2. The molecule has 1 aromatic rings. The van der Waals surface area contributed by atoms with E-state index < -0.39 is 11.8 Å². The fraction of sp³-hybridized carbons (Fsp3) is 0.607. The van der Waals surface area contributed by atoms with Crippen LogP contribution in [-0.4, -0.2) is 36.3 Å². The number of hydrogen-bond acceptors (Lipinski definition) is 3. The predicted octanol–water partition coefficient (Wildman–Crippen LogP) is 4.73. The van der Waals surface area contributed by atoms with Crippen LogP contribution >= 0.6 is 0 Å². The molecule has 6 nitrogen and oxygen atoms in total.